The molecule has 1 aromatic carbocycles. The summed E-state index contributed by atoms with van der Waals surface area (Å²) in [6, 6.07) is 6.82. The molecule has 1 atom stereocenters. The lowest BCUT2D eigenvalue weighted by atomic mass is 10.0. The highest BCUT2D eigenvalue weighted by Gasteiger charge is 2.19. The van der Waals surface area contributed by atoms with Gasteiger partial charge in [0.05, 0.1) is 6.20 Å². The van der Waals surface area contributed by atoms with E-state index in [4.69, 9.17) is 5.73 Å². The summed E-state index contributed by atoms with van der Waals surface area (Å²) in [5, 5.41) is 4.31. The third-order valence-corrected chi connectivity index (χ3v) is 3.56. The molecule has 1 unspecified atom stereocenters. The summed E-state index contributed by atoms with van der Waals surface area (Å²) in [5.41, 5.74) is 11.2. The Hall–Kier alpha value is -1.61. The van der Waals surface area contributed by atoms with Crippen LogP contribution in [0.25, 0.3) is 11.1 Å². The van der Waals surface area contributed by atoms with Gasteiger partial charge in [-0.2, -0.15) is 5.10 Å². The molecule has 1 aliphatic carbocycles. The number of rotatable bonds is 2. The molecule has 1 heterocycles. The van der Waals surface area contributed by atoms with Crippen molar-refractivity contribution in [1.82, 2.24) is 9.78 Å². The van der Waals surface area contributed by atoms with Crippen molar-refractivity contribution in [2.45, 2.75) is 32.4 Å². The van der Waals surface area contributed by atoms with Crippen molar-refractivity contribution in [3.8, 4) is 11.1 Å². The molecule has 0 amide bonds. The van der Waals surface area contributed by atoms with E-state index in [2.05, 4.69) is 36.4 Å². The van der Waals surface area contributed by atoms with Crippen LogP contribution in [0.1, 0.15) is 30.5 Å². The van der Waals surface area contributed by atoms with Gasteiger partial charge in [-0.15, -0.1) is 0 Å². The zero-order valence-electron chi connectivity index (χ0n) is 10.1. The normalized spacial score (nSPS) is 18.4. The molecule has 1 aliphatic rings. The highest BCUT2D eigenvalue weighted by molar-refractivity contribution is 5.64. The summed E-state index contributed by atoms with van der Waals surface area (Å²) in [6.45, 7) is 3.01. The van der Waals surface area contributed by atoms with E-state index >= 15 is 0 Å². The molecule has 0 radical (unpaired) electrons. The zero-order valence-corrected chi connectivity index (χ0v) is 10.1. The van der Waals surface area contributed by atoms with Gasteiger partial charge in [0.25, 0.3) is 0 Å². The smallest absolute Gasteiger partial charge is 0.0568 e. The van der Waals surface area contributed by atoms with Crippen LogP contribution < -0.4 is 5.73 Å². The minimum atomic E-state index is 0.234. The largest absolute Gasteiger partial charge is 0.324 e. The fourth-order valence-corrected chi connectivity index (χ4v) is 2.52. The van der Waals surface area contributed by atoms with Gasteiger partial charge < -0.3 is 5.73 Å². The van der Waals surface area contributed by atoms with Crippen molar-refractivity contribution < 1.29 is 0 Å². The Morgan fingerprint density at radius 1 is 1.41 bits per heavy atom. The molecule has 2 N–H and O–H groups in total. The van der Waals surface area contributed by atoms with E-state index in [0.717, 1.165) is 19.4 Å². The van der Waals surface area contributed by atoms with Crippen LogP contribution in [0.15, 0.2) is 30.6 Å². The molecule has 0 fully saturated rings. The third-order valence-electron chi connectivity index (χ3n) is 3.56. The maximum Gasteiger partial charge on any atom is 0.0568 e. The molecule has 3 nitrogen and oxygen atoms in total. The lowest BCUT2D eigenvalue weighted by Crippen LogP contribution is -2.04. The van der Waals surface area contributed by atoms with Gasteiger partial charge in [-0.05, 0) is 36.5 Å². The van der Waals surface area contributed by atoms with Crippen molar-refractivity contribution in [2.24, 2.45) is 5.73 Å². The highest BCUT2D eigenvalue weighted by atomic mass is 15.3. The molecule has 88 valence electrons. The van der Waals surface area contributed by atoms with E-state index < -0.39 is 0 Å². The molecule has 0 aliphatic heterocycles. The maximum atomic E-state index is 6.04. The molecular weight excluding hydrogens is 210 g/mol. The van der Waals surface area contributed by atoms with Crippen molar-refractivity contribution in [3.63, 3.8) is 0 Å². The SMILES string of the molecule is CCn1cc(-c2ccc3c(c2)CCC3N)cn1. The lowest BCUT2D eigenvalue weighted by Gasteiger charge is -2.05. The number of fused-ring (bicyclic) bond motifs is 1. The van der Waals surface area contributed by atoms with Crippen LogP contribution >= 0.6 is 0 Å². The van der Waals surface area contributed by atoms with E-state index in [1.807, 2.05) is 10.9 Å². The van der Waals surface area contributed by atoms with Gasteiger partial charge in [-0.1, -0.05) is 18.2 Å². The monoisotopic (exact) mass is 227 g/mol. The Balaban J connectivity index is 1.99. The van der Waals surface area contributed by atoms with Crippen LogP contribution in [0, 0.1) is 0 Å². The van der Waals surface area contributed by atoms with Crippen molar-refractivity contribution >= 4 is 0 Å². The number of nitrogens with two attached hydrogens (primary N) is 1. The minimum Gasteiger partial charge on any atom is -0.324 e. The molecule has 1 aromatic heterocycles. The molecule has 2 aromatic rings. The molecule has 0 saturated heterocycles. The van der Waals surface area contributed by atoms with Crippen LogP contribution in [0.2, 0.25) is 0 Å². The van der Waals surface area contributed by atoms with Gasteiger partial charge in [0.1, 0.15) is 0 Å². The molecule has 0 saturated carbocycles. The van der Waals surface area contributed by atoms with Crippen LogP contribution in [0.4, 0.5) is 0 Å². The molecule has 3 rings (SSSR count). The molecule has 0 bridgehead atoms. The van der Waals surface area contributed by atoms with Crippen molar-refractivity contribution in [1.29, 1.82) is 0 Å². The fraction of sp³-hybridized carbons (Fsp3) is 0.357. The number of benzene rings is 1. The second-order valence-electron chi connectivity index (χ2n) is 4.64. The fourth-order valence-electron chi connectivity index (χ4n) is 2.52. The Kier molecular flexibility index (Phi) is 2.48. The van der Waals surface area contributed by atoms with Gasteiger partial charge in [-0.25, -0.2) is 0 Å². The molecular formula is C14H17N3. The average molecular weight is 227 g/mol. The van der Waals surface area contributed by atoms with Crippen molar-refractivity contribution in [3.05, 3.63) is 41.7 Å². The summed E-state index contributed by atoms with van der Waals surface area (Å²) in [7, 11) is 0. The van der Waals surface area contributed by atoms with Gasteiger partial charge in [0.2, 0.25) is 0 Å². The first-order chi connectivity index (χ1) is 8.28. The van der Waals surface area contributed by atoms with Crippen LogP contribution in [0.5, 0.6) is 0 Å². The van der Waals surface area contributed by atoms with Crippen LogP contribution in [-0.2, 0) is 13.0 Å². The zero-order chi connectivity index (χ0) is 11.8. The van der Waals surface area contributed by atoms with Gasteiger partial charge >= 0.3 is 0 Å². The lowest BCUT2D eigenvalue weighted by molar-refractivity contribution is 0.660. The molecule has 17 heavy (non-hydrogen) atoms. The van der Waals surface area contributed by atoms with Gasteiger partial charge in [0.15, 0.2) is 0 Å². The van der Waals surface area contributed by atoms with E-state index in [9.17, 15) is 0 Å². The Bertz CT molecular complexity index is 542. The first kappa shape index (κ1) is 10.5. The number of aryl methyl sites for hydroxylation is 2. The van der Waals surface area contributed by atoms with Gasteiger partial charge in [-0.3, -0.25) is 4.68 Å². The first-order valence-electron chi connectivity index (χ1n) is 6.19. The third kappa shape index (κ3) is 1.76. The number of hydrogen-bond acceptors (Lipinski definition) is 2. The number of aromatic nitrogens is 2. The predicted octanol–water partition coefficient (Wildman–Crippen LogP) is 2.52. The van der Waals surface area contributed by atoms with Crippen molar-refractivity contribution in [2.75, 3.05) is 0 Å². The quantitative estimate of drug-likeness (QED) is 0.856. The van der Waals surface area contributed by atoms with E-state index in [1.165, 1.54) is 22.3 Å². The first-order valence-corrected chi connectivity index (χ1v) is 6.19. The molecule has 0 spiro atoms. The standard InChI is InChI=1S/C14H17N3/c1-2-17-9-12(8-16-17)10-3-5-13-11(7-10)4-6-14(13)15/h3,5,7-9,14H,2,4,6,15H2,1H3. The summed E-state index contributed by atoms with van der Waals surface area (Å²) < 4.78 is 1.95. The average Bonchev–Trinajstić information content (AvgIpc) is 2.96. The van der Waals surface area contributed by atoms with Crippen LogP contribution in [0.3, 0.4) is 0 Å². The topological polar surface area (TPSA) is 43.8 Å². The summed E-state index contributed by atoms with van der Waals surface area (Å²) in [6.07, 6.45) is 6.20. The van der Waals surface area contributed by atoms with Gasteiger partial charge in [0, 0.05) is 24.3 Å². The Morgan fingerprint density at radius 3 is 3.06 bits per heavy atom. The second kappa shape index (κ2) is 4.00. The highest BCUT2D eigenvalue weighted by Crippen LogP contribution is 2.32. The van der Waals surface area contributed by atoms with E-state index in [-0.39, 0.29) is 6.04 Å². The van der Waals surface area contributed by atoms with E-state index in [0.29, 0.717) is 0 Å². The molecule has 3 heteroatoms. The second-order valence-corrected chi connectivity index (χ2v) is 4.64. The number of nitrogens with zero attached hydrogens (tertiary/aromatic N) is 2. The Labute approximate surface area is 101 Å². The summed E-state index contributed by atoms with van der Waals surface area (Å²) in [5.74, 6) is 0. The summed E-state index contributed by atoms with van der Waals surface area (Å²) in [4.78, 5) is 0. The summed E-state index contributed by atoms with van der Waals surface area (Å²) >= 11 is 0. The van der Waals surface area contributed by atoms with Crippen LogP contribution in [-0.4, -0.2) is 9.78 Å². The van der Waals surface area contributed by atoms with E-state index in [1.54, 1.807) is 0 Å². The predicted molar refractivity (Wildman–Crippen MR) is 68.6 cm³/mol. The number of hydrogen-bond donors (Lipinski definition) is 1. The maximum absolute atomic E-state index is 6.04. The minimum absolute atomic E-state index is 0.234. The Morgan fingerprint density at radius 2 is 2.29 bits per heavy atom.